The molecule has 132 valence electrons. The molecule has 0 saturated heterocycles. The van der Waals surface area contributed by atoms with Crippen LogP contribution in [0.2, 0.25) is 0 Å². The lowest BCUT2D eigenvalue weighted by atomic mass is 9.99. The summed E-state index contributed by atoms with van der Waals surface area (Å²) in [5.41, 5.74) is 1.82. The highest BCUT2D eigenvalue weighted by atomic mass is 16.3. The second-order valence-corrected chi connectivity index (χ2v) is 6.19. The number of aliphatic hydroxyl groups excluding tert-OH is 1. The molecule has 3 rings (SSSR count). The van der Waals surface area contributed by atoms with Crippen molar-refractivity contribution in [3.05, 3.63) is 77.4 Å². The van der Waals surface area contributed by atoms with Crippen LogP contribution in [-0.4, -0.2) is 40.8 Å². The molecule has 0 radical (unpaired) electrons. The first-order valence-electron chi connectivity index (χ1n) is 8.26. The van der Waals surface area contributed by atoms with E-state index >= 15 is 0 Å². The smallest absolute Gasteiger partial charge is 0.254 e. The Bertz CT molecular complexity index is 968. The van der Waals surface area contributed by atoms with Crippen LogP contribution in [0.3, 0.4) is 0 Å². The average molecular weight is 348 g/mol. The van der Waals surface area contributed by atoms with Gasteiger partial charge in [-0.1, -0.05) is 42.5 Å². The summed E-state index contributed by atoms with van der Waals surface area (Å²) >= 11 is 0. The van der Waals surface area contributed by atoms with Gasteiger partial charge in [-0.2, -0.15) is 0 Å². The number of aromatic hydroxyl groups is 1. The number of hydrogen-bond donors (Lipinski definition) is 3. The van der Waals surface area contributed by atoms with Gasteiger partial charge in [0.25, 0.3) is 5.91 Å². The van der Waals surface area contributed by atoms with Crippen molar-refractivity contribution in [3.8, 4) is 5.75 Å². The third-order valence-corrected chi connectivity index (χ3v) is 4.39. The number of fused-ring (bicyclic) bond motifs is 1. The maximum Gasteiger partial charge on any atom is 0.254 e. The third kappa shape index (κ3) is 3.43. The Morgan fingerprint density at radius 2 is 1.85 bits per heavy atom. The van der Waals surface area contributed by atoms with Gasteiger partial charge in [-0.25, -0.2) is 0 Å². The molecule has 26 heavy (non-hydrogen) atoms. The maximum atomic E-state index is 12.9. The van der Waals surface area contributed by atoms with E-state index in [9.17, 15) is 15.0 Å². The summed E-state index contributed by atoms with van der Waals surface area (Å²) < 4.78 is 0. The van der Waals surface area contributed by atoms with Crippen LogP contribution in [0, 0.1) is 5.41 Å². The van der Waals surface area contributed by atoms with Crippen LogP contribution in [0.4, 0.5) is 0 Å². The van der Waals surface area contributed by atoms with E-state index in [1.54, 1.807) is 31.3 Å². The second kappa shape index (κ2) is 7.37. The summed E-state index contributed by atoms with van der Waals surface area (Å²) in [6.07, 6.45) is 0.370. The minimum atomic E-state index is -0.900. The van der Waals surface area contributed by atoms with Gasteiger partial charge in [0, 0.05) is 18.8 Å². The van der Waals surface area contributed by atoms with Crippen LogP contribution in [0.5, 0.6) is 5.75 Å². The van der Waals surface area contributed by atoms with Crippen LogP contribution in [0.1, 0.15) is 27.6 Å². The van der Waals surface area contributed by atoms with Gasteiger partial charge < -0.3 is 20.5 Å². The second-order valence-electron chi connectivity index (χ2n) is 6.19. The van der Waals surface area contributed by atoms with Crippen molar-refractivity contribution in [1.82, 2.24) is 4.90 Å². The molecule has 0 saturated carbocycles. The Morgan fingerprint density at radius 3 is 2.54 bits per heavy atom. The van der Waals surface area contributed by atoms with Crippen molar-refractivity contribution in [3.63, 3.8) is 0 Å². The molecule has 0 aliphatic heterocycles. The topological polar surface area (TPSA) is 84.6 Å². The number of carbonyl (C=O) groups excluding carboxylic acids is 1. The lowest BCUT2D eigenvalue weighted by Gasteiger charge is -2.22. The molecule has 0 aliphatic rings. The van der Waals surface area contributed by atoms with Gasteiger partial charge in [0.2, 0.25) is 0 Å². The summed E-state index contributed by atoms with van der Waals surface area (Å²) in [6.45, 7) is 0.100. The molecule has 3 N–H and O–H groups in total. The maximum absolute atomic E-state index is 12.9. The number of carbonyl (C=O) groups is 1. The van der Waals surface area contributed by atoms with Crippen LogP contribution in [0.15, 0.2) is 60.7 Å². The molecule has 5 nitrogen and oxygen atoms in total. The molecule has 0 unspecified atom stereocenters. The Morgan fingerprint density at radius 1 is 1.12 bits per heavy atom. The quantitative estimate of drug-likeness (QED) is 0.618. The number of rotatable bonds is 5. The number of benzene rings is 3. The van der Waals surface area contributed by atoms with Crippen molar-refractivity contribution in [2.75, 3.05) is 13.6 Å². The molecule has 0 bridgehead atoms. The molecular formula is C21H20N2O3. The van der Waals surface area contributed by atoms with E-state index in [0.717, 1.165) is 16.3 Å². The van der Waals surface area contributed by atoms with E-state index in [2.05, 4.69) is 0 Å². The molecule has 0 aliphatic carbocycles. The third-order valence-electron chi connectivity index (χ3n) is 4.39. The fourth-order valence-corrected chi connectivity index (χ4v) is 3.02. The lowest BCUT2D eigenvalue weighted by Crippen LogP contribution is -2.31. The van der Waals surface area contributed by atoms with Gasteiger partial charge in [-0.15, -0.1) is 0 Å². The number of aliphatic hydroxyl groups is 1. The van der Waals surface area contributed by atoms with E-state index in [0.29, 0.717) is 11.1 Å². The number of phenols is 1. The van der Waals surface area contributed by atoms with Crippen LogP contribution in [0.25, 0.3) is 10.8 Å². The molecule has 5 heteroatoms. The predicted octanol–water partition coefficient (Wildman–Crippen LogP) is 3.35. The van der Waals surface area contributed by atoms with Gasteiger partial charge in [-0.3, -0.25) is 4.79 Å². The zero-order chi connectivity index (χ0) is 18.7. The molecule has 0 fully saturated rings. The van der Waals surface area contributed by atoms with Crippen LogP contribution in [-0.2, 0) is 0 Å². The van der Waals surface area contributed by atoms with Crippen molar-refractivity contribution >= 4 is 22.9 Å². The number of likely N-dealkylation sites (N-methyl/N-ethyl adjacent to an activating group) is 1. The van der Waals surface area contributed by atoms with E-state index in [-0.39, 0.29) is 18.2 Å². The van der Waals surface area contributed by atoms with E-state index < -0.39 is 6.10 Å². The number of nitrogens with one attached hydrogen (secondary N) is 1. The minimum Gasteiger partial charge on any atom is -0.508 e. The first kappa shape index (κ1) is 17.6. The SMILES string of the molecule is CN(C[C@H](O)c1cccc(O)c1)C(=O)c1ccc(C=N)c2ccccc12. The Balaban J connectivity index is 1.87. The highest BCUT2D eigenvalue weighted by Crippen LogP contribution is 2.24. The molecule has 1 atom stereocenters. The molecule has 0 heterocycles. The Kier molecular flexibility index (Phi) is 5.00. The number of hydrogen-bond acceptors (Lipinski definition) is 4. The van der Waals surface area contributed by atoms with Gasteiger partial charge in [0.15, 0.2) is 0 Å². The van der Waals surface area contributed by atoms with Gasteiger partial charge in [0.05, 0.1) is 12.6 Å². The standard InChI is InChI=1S/C21H20N2O3/c1-23(13-20(25)14-5-4-6-16(24)11-14)21(26)19-10-9-15(12-22)17-7-2-3-8-18(17)19/h2-12,20,22,24-25H,13H2,1H3/t20-/m0/s1. The summed E-state index contributed by atoms with van der Waals surface area (Å²) in [5.74, 6) is -0.138. The lowest BCUT2D eigenvalue weighted by molar-refractivity contribution is 0.0682. The average Bonchev–Trinajstić information content (AvgIpc) is 2.66. The minimum absolute atomic E-state index is 0.0729. The Labute approximate surface area is 151 Å². The van der Waals surface area contributed by atoms with Crippen molar-refractivity contribution in [2.45, 2.75) is 6.10 Å². The summed E-state index contributed by atoms with van der Waals surface area (Å²) in [7, 11) is 1.63. The fraction of sp³-hybridized carbons (Fsp3) is 0.143. The Hall–Kier alpha value is -3.18. The largest absolute Gasteiger partial charge is 0.508 e. The first-order valence-corrected chi connectivity index (χ1v) is 8.26. The van der Waals surface area contributed by atoms with Crippen molar-refractivity contribution in [1.29, 1.82) is 5.41 Å². The monoisotopic (exact) mass is 348 g/mol. The zero-order valence-corrected chi connectivity index (χ0v) is 14.4. The number of phenolic OH excluding ortho intramolecular Hbond substituents is 1. The summed E-state index contributed by atoms with van der Waals surface area (Å²) in [5, 5.41) is 29.1. The van der Waals surface area contributed by atoms with E-state index in [4.69, 9.17) is 5.41 Å². The van der Waals surface area contributed by atoms with Gasteiger partial charge >= 0.3 is 0 Å². The summed E-state index contributed by atoms with van der Waals surface area (Å²) in [6, 6.07) is 17.3. The predicted molar refractivity (Wildman–Crippen MR) is 102 cm³/mol. The molecule has 3 aromatic carbocycles. The molecule has 1 amide bonds. The van der Waals surface area contributed by atoms with Crippen LogP contribution >= 0.6 is 0 Å². The van der Waals surface area contributed by atoms with Gasteiger partial charge in [0.1, 0.15) is 5.75 Å². The molecule has 3 aromatic rings. The van der Waals surface area contributed by atoms with E-state index in [1.165, 1.54) is 23.2 Å². The first-order chi connectivity index (χ1) is 12.5. The molecule has 0 aromatic heterocycles. The molecule has 0 spiro atoms. The summed E-state index contributed by atoms with van der Waals surface area (Å²) in [4.78, 5) is 14.4. The van der Waals surface area contributed by atoms with Gasteiger partial charge in [-0.05, 0) is 40.1 Å². The van der Waals surface area contributed by atoms with Crippen LogP contribution < -0.4 is 0 Å². The normalized spacial score (nSPS) is 11.9. The van der Waals surface area contributed by atoms with Crippen molar-refractivity contribution < 1.29 is 15.0 Å². The highest BCUT2D eigenvalue weighted by molar-refractivity contribution is 6.11. The number of amides is 1. The molecular weight excluding hydrogens is 328 g/mol. The van der Waals surface area contributed by atoms with E-state index in [1.807, 2.05) is 24.3 Å². The zero-order valence-electron chi connectivity index (χ0n) is 14.4. The van der Waals surface area contributed by atoms with Crippen molar-refractivity contribution in [2.24, 2.45) is 0 Å². The number of nitrogens with zero attached hydrogens (tertiary/aromatic N) is 1. The highest BCUT2D eigenvalue weighted by Gasteiger charge is 2.19. The fourth-order valence-electron chi connectivity index (χ4n) is 3.02.